The summed E-state index contributed by atoms with van der Waals surface area (Å²) >= 11 is 0. The molecule has 0 unspecified atom stereocenters. The van der Waals surface area contributed by atoms with Crippen LogP contribution in [0.15, 0.2) is 36.8 Å². The van der Waals surface area contributed by atoms with Gasteiger partial charge in [0.1, 0.15) is 11.5 Å². The molecule has 6 nitrogen and oxygen atoms in total. The van der Waals surface area contributed by atoms with Crippen molar-refractivity contribution in [2.45, 2.75) is 0 Å². The minimum atomic E-state index is -0.309. The Hall–Kier alpha value is -2.25. The summed E-state index contributed by atoms with van der Waals surface area (Å²) in [7, 11) is 0. The monoisotopic (exact) mass is 317 g/mol. The highest BCUT2D eigenvalue weighted by atomic mass is 19.1. The summed E-state index contributed by atoms with van der Waals surface area (Å²) in [5.41, 5.74) is 1.15. The molecular formula is C16H20FN5O. The Labute approximate surface area is 134 Å². The van der Waals surface area contributed by atoms with Crippen LogP contribution in [0, 0.1) is 5.82 Å². The molecule has 1 aliphatic rings. The quantitative estimate of drug-likeness (QED) is 0.850. The number of aromatic nitrogens is 2. The summed E-state index contributed by atoms with van der Waals surface area (Å²) in [5, 5.41) is 6.22. The second-order valence-corrected chi connectivity index (χ2v) is 5.47. The molecule has 1 aromatic carbocycles. The molecule has 23 heavy (non-hydrogen) atoms. The van der Waals surface area contributed by atoms with E-state index in [-0.39, 0.29) is 11.7 Å². The Bertz CT molecular complexity index is 649. The lowest BCUT2D eigenvalue weighted by Gasteiger charge is -2.27. The second-order valence-electron chi connectivity index (χ2n) is 5.47. The SMILES string of the molecule is O=C(NCCN1CCNCC1)c1cncn1-c1ccc(F)cc1. The van der Waals surface area contributed by atoms with Gasteiger partial charge in [0.05, 0.1) is 12.5 Å². The second kappa shape index (κ2) is 7.34. The molecule has 0 radical (unpaired) electrons. The molecule has 2 heterocycles. The number of rotatable bonds is 5. The highest BCUT2D eigenvalue weighted by Gasteiger charge is 2.14. The third-order valence-corrected chi connectivity index (χ3v) is 3.90. The van der Waals surface area contributed by atoms with E-state index in [1.54, 1.807) is 23.0 Å². The van der Waals surface area contributed by atoms with Crippen LogP contribution < -0.4 is 10.6 Å². The van der Waals surface area contributed by atoms with Crippen LogP contribution in [0.25, 0.3) is 5.69 Å². The fraction of sp³-hybridized carbons (Fsp3) is 0.375. The molecule has 1 aromatic heterocycles. The molecule has 3 rings (SSSR count). The number of amides is 1. The van der Waals surface area contributed by atoms with Crippen LogP contribution >= 0.6 is 0 Å². The van der Waals surface area contributed by atoms with Crippen LogP contribution in [0.2, 0.25) is 0 Å². The molecule has 1 amide bonds. The van der Waals surface area contributed by atoms with Gasteiger partial charge in [0.2, 0.25) is 0 Å². The molecule has 2 aromatic rings. The fourth-order valence-electron chi connectivity index (χ4n) is 2.62. The van der Waals surface area contributed by atoms with Crippen LogP contribution in [0.4, 0.5) is 4.39 Å². The maximum absolute atomic E-state index is 13.0. The zero-order chi connectivity index (χ0) is 16.1. The molecule has 122 valence electrons. The Morgan fingerprint density at radius 1 is 1.26 bits per heavy atom. The van der Waals surface area contributed by atoms with Gasteiger partial charge >= 0.3 is 0 Å². The molecular weight excluding hydrogens is 297 g/mol. The summed E-state index contributed by atoms with van der Waals surface area (Å²) < 4.78 is 14.7. The Morgan fingerprint density at radius 3 is 2.74 bits per heavy atom. The lowest BCUT2D eigenvalue weighted by molar-refractivity contribution is 0.0940. The number of carbonyl (C=O) groups is 1. The lowest BCUT2D eigenvalue weighted by atomic mass is 10.3. The summed E-state index contributed by atoms with van der Waals surface area (Å²) in [6.45, 7) is 5.41. The van der Waals surface area contributed by atoms with Gasteiger partial charge in [-0.15, -0.1) is 0 Å². The van der Waals surface area contributed by atoms with E-state index in [1.807, 2.05) is 0 Å². The number of carbonyl (C=O) groups excluding carboxylic acids is 1. The van der Waals surface area contributed by atoms with E-state index in [1.165, 1.54) is 18.3 Å². The van der Waals surface area contributed by atoms with Crippen molar-refractivity contribution in [2.24, 2.45) is 0 Å². The zero-order valence-electron chi connectivity index (χ0n) is 12.8. The number of nitrogens with one attached hydrogen (secondary N) is 2. The van der Waals surface area contributed by atoms with Crippen molar-refractivity contribution in [3.8, 4) is 5.69 Å². The van der Waals surface area contributed by atoms with Crippen molar-refractivity contribution in [1.82, 2.24) is 25.1 Å². The largest absolute Gasteiger partial charge is 0.349 e. The van der Waals surface area contributed by atoms with Gasteiger partial charge in [-0.2, -0.15) is 0 Å². The summed E-state index contributed by atoms with van der Waals surface area (Å²) in [6, 6.07) is 5.96. The molecule has 0 atom stereocenters. The van der Waals surface area contributed by atoms with Crippen molar-refractivity contribution in [1.29, 1.82) is 0 Å². The van der Waals surface area contributed by atoms with Gasteiger partial charge in [0.25, 0.3) is 5.91 Å². The number of hydrogen-bond donors (Lipinski definition) is 2. The van der Waals surface area contributed by atoms with Crippen molar-refractivity contribution in [2.75, 3.05) is 39.3 Å². The van der Waals surface area contributed by atoms with Crippen LogP contribution in [-0.4, -0.2) is 59.6 Å². The molecule has 1 fully saturated rings. The smallest absolute Gasteiger partial charge is 0.269 e. The van der Waals surface area contributed by atoms with E-state index in [2.05, 4.69) is 20.5 Å². The summed E-state index contributed by atoms with van der Waals surface area (Å²) in [5.74, 6) is -0.488. The maximum atomic E-state index is 13.0. The summed E-state index contributed by atoms with van der Waals surface area (Å²) in [4.78, 5) is 18.7. The van der Waals surface area contributed by atoms with E-state index in [0.717, 1.165) is 32.7 Å². The minimum absolute atomic E-state index is 0.179. The van der Waals surface area contributed by atoms with Gasteiger partial charge in [0, 0.05) is 45.0 Å². The van der Waals surface area contributed by atoms with Crippen molar-refractivity contribution < 1.29 is 9.18 Å². The number of piperazine rings is 1. The lowest BCUT2D eigenvalue weighted by Crippen LogP contribution is -2.46. The van der Waals surface area contributed by atoms with Gasteiger partial charge < -0.3 is 10.6 Å². The average Bonchev–Trinajstić information content (AvgIpc) is 3.06. The highest BCUT2D eigenvalue weighted by Crippen LogP contribution is 2.12. The predicted octanol–water partition coefficient (Wildman–Crippen LogP) is 0.646. The maximum Gasteiger partial charge on any atom is 0.269 e. The number of nitrogens with zero attached hydrogens (tertiary/aromatic N) is 3. The first-order chi connectivity index (χ1) is 11.2. The Morgan fingerprint density at radius 2 is 2.00 bits per heavy atom. The first-order valence-corrected chi connectivity index (χ1v) is 7.73. The first kappa shape index (κ1) is 15.6. The Balaban J connectivity index is 1.59. The van der Waals surface area contributed by atoms with Gasteiger partial charge in [-0.25, -0.2) is 9.37 Å². The normalized spacial score (nSPS) is 15.5. The van der Waals surface area contributed by atoms with E-state index in [9.17, 15) is 9.18 Å². The molecule has 0 bridgehead atoms. The Kier molecular flexibility index (Phi) is 4.99. The first-order valence-electron chi connectivity index (χ1n) is 7.73. The molecule has 1 saturated heterocycles. The van der Waals surface area contributed by atoms with E-state index < -0.39 is 0 Å². The molecule has 2 N–H and O–H groups in total. The average molecular weight is 317 g/mol. The van der Waals surface area contributed by atoms with Crippen molar-refractivity contribution in [3.63, 3.8) is 0 Å². The van der Waals surface area contributed by atoms with E-state index in [0.29, 0.717) is 17.9 Å². The van der Waals surface area contributed by atoms with Crippen molar-refractivity contribution in [3.05, 3.63) is 48.3 Å². The van der Waals surface area contributed by atoms with E-state index in [4.69, 9.17) is 0 Å². The highest BCUT2D eigenvalue weighted by molar-refractivity contribution is 5.92. The molecule has 0 spiro atoms. The zero-order valence-corrected chi connectivity index (χ0v) is 12.8. The third-order valence-electron chi connectivity index (χ3n) is 3.90. The number of hydrogen-bond acceptors (Lipinski definition) is 4. The standard InChI is InChI=1S/C16H20FN5O/c17-13-1-3-14(4-2-13)22-12-19-11-15(22)16(23)20-7-10-21-8-5-18-6-9-21/h1-4,11-12,18H,5-10H2,(H,20,23). The molecule has 1 aliphatic heterocycles. The number of benzene rings is 1. The van der Waals surface area contributed by atoms with Crippen LogP contribution in [0.1, 0.15) is 10.5 Å². The van der Waals surface area contributed by atoms with Gasteiger partial charge in [0.15, 0.2) is 0 Å². The van der Waals surface area contributed by atoms with Gasteiger partial charge in [-0.1, -0.05) is 0 Å². The third kappa shape index (κ3) is 3.94. The number of halogens is 1. The predicted molar refractivity (Wildman–Crippen MR) is 85.2 cm³/mol. The van der Waals surface area contributed by atoms with Crippen molar-refractivity contribution >= 4 is 5.91 Å². The van der Waals surface area contributed by atoms with Gasteiger partial charge in [-0.3, -0.25) is 14.3 Å². The van der Waals surface area contributed by atoms with E-state index >= 15 is 0 Å². The minimum Gasteiger partial charge on any atom is -0.349 e. The molecule has 0 aliphatic carbocycles. The van der Waals surface area contributed by atoms with Crippen LogP contribution in [0.5, 0.6) is 0 Å². The van der Waals surface area contributed by atoms with Crippen LogP contribution in [-0.2, 0) is 0 Å². The van der Waals surface area contributed by atoms with Crippen LogP contribution in [0.3, 0.4) is 0 Å². The topological polar surface area (TPSA) is 62.2 Å². The fourth-order valence-corrected chi connectivity index (χ4v) is 2.62. The molecule has 0 saturated carbocycles. The summed E-state index contributed by atoms with van der Waals surface area (Å²) in [6.07, 6.45) is 3.07. The molecule has 7 heteroatoms. The number of imidazole rings is 1. The van der Waals surface area contributed by atoms with Gasteiger partial charge in [-0.05, 0) is 24.3 Å².